The average molecular weight is 265 g/mol. The molecule has 0 radical (unpaired) electrons. The summed E-state index contributed by atoms with van der Waals surface area (Å²) in [6, 6.07) is 0. The first kappa shape index (κ1) is 11.3. The predicted octanol–water partition coefficient (Wildman–Crippen LogP) is 2.55. The molecular weight excluding hydrogens is 247 g/mol. The summed E-state index contributed by atoms with van der Waals surface area (Å²) in [6.07, 6.45) is 2.63. The molecule has 66 valence electrons. The standard InChI is InChI=1S/C5H10O2.3CH3.Sn/c1-2-3-4-5(6)7;;;;/h2-4H2,1H3,(H,6,7);3*1H3;/q;;;;+1/p-1. The minimum atomic E-state index is -2.28. The SMILES string of the molecule is CCCCC(=O)[O][Sn]([CH3])([CH3])[CH3]. The number of carbonyl (C=O) groups excluding carboxylic acids is 1. The van der Waals surface area contributed by atoms with Gasteiger partial charge in [0, 0.05) is 0 Å². The molecule has 0 aromatic heterocycles. The van der Waals surface area contributed by atoms with Gasteiger partial charge in [-0.2, -0.15) is 0 Å². The van der Waals surface area contributed by atoms with E-state index in [0.717, 1.165) is 12.8 Å². The Hall–Kier alpha value is 0.269. The van der Waals surface area contributed by atoms with E-state index in [9.17, 15) is 4.79 Å². The molecule has 0 bridgehead atoms. The molecule has 0 aliphatic rings. The Morgan fingerprint density at radius 2 is 1.91 bits per heavy atom. The van der Waals surface area contributed by atoms with Crippen LogP contribution in [0.25, 0.3) is 0 Å². The van der Waals surface area contributed by atoms with E-state index in [2.05, 4.69) is 21.7 Å². The Morgan fingerprint density at radius 3 is 2.27 bits per heavy atom. The van der Waals surface area contributed by atoms with Crippen LogP contribution in [0.3, 0.4) is 0 Å². The number of carbonyl (C=O) groups is 1. The molecule has 0 saturated carbocycles. The summed E-state index contributed by atoms with van der Waals surface area (Å²) in [4.78, 5) is 17.3. The van der Waals surface area contributed by atoms with E-state index in [1.54, 1.807) is 0 Å². The fourth-order valence-electron chi connectivity index (χ4n) is 0.714. The van der Waals surface area contributed by atoms with Crippen LogP contribution in [0.4, 0.5) is 0 Å². The molecule has 0 spiro atoms. The fourth-order valence-corrected chi connectivity index (χ4v) is 2.95. The molecular formula is C8H18O2Sn. The zero-order valence-corrected chi connectivity index (χ0v) is 10.8. The van der Waals surface area contributed by atoms with Gasteiger partial charge in [0.05, 0.1) is 0 Å². The Labute approximate surface area is 73.7 Å². The minimum absolute atomic E-state index is 0.00940. The molecule has 0 saturated heterocycles. The van der Waals surface area contributed by atoms with Gasteiger partial charge >= 0.3 is 73.6 Å². The van der Waals surface area contributed by atoms with E-state index < -0.39 is 18.8 Å². The van der Waals surface area contributed by atoms with Gasteiger partial charge in [-0.1, -0.05) is 0 Å². The van der Waals surface area contributed by atoms with Crippen molar-refractivity contribution in [2.24, 2.45) is 0 Å². The van der Waals surface area contributed by atoms with E-state index in [1.807, 2.05) is 0 Å². The first-order chi connectivity index (χ1) is 4.95. The van der Waals surface area contributed by atoms with Gasteiger partial charge in [-0.15, -0.1) is 0 Å². The molecule has 0 atom stereocenters. The van der Waals surface area contributed by atoms with E-state index in [-0.39, 0.29) is 5.97 Å². The molecule has 11 heavy (non-hydrogen) atoms. The number of rotatable bonds is 4. The molecule has 0 N–H and O–H groups in total. The Bertz CT molecular complexity index is 127. The van der Waals surface area contributed by atoms with Gasteiger partial charge < -0.3 is 0 Å². The molecule has 0 aliphatic carbocycles. The molecule has 0 aromatic rings. The van der Waals surface area contributed by atoms with Crippen molar-refractivity contribution < 1.29 is 7.87 Å². The Balaban J connectivity index is 3.53. The second kappa shape index (κ2) is 5.01. The first-order valence-corrected chi connectivity index (χ1v) is 13.9. The number of hydrogen-bond acceptors (Lipinski definition) is 2. The van der Waals surface area contributed by atoms with Crippen molar-refractivity contribution in [3.63, 3.8) is 0 Å². The van der Waals surface area contributed by atoms with E-state index in [4.69, 9.17) is 3.07 Å². The molecule has 0 aliphatic heterocycles. The van der Waals surface area contributed by atoms with Crippen LogP contribution < -0.4 is 0 Å². The van der Waals surface area contributed by atoms with Crippen LogP contribution in [0, 0.1) is 0 Å². The monoisotopic (exact) mass is 266 g/mol. The molecule has 0 unspecified atom stereocenters. The van der Waals surface area contributed by atoms with Crippen molar-refractivity contribution in [2.45, 2.75) is 41.0 Å². The quantitative estimate of drug-likeness (QED) is 0.730. The maximum atomic E-state index is 11.0. The molecule has 0 amide bonds. The van der Waals surface area contributed by atoms with Crippen LogP contribution in [0.15, 0.2) is 0 Å². The number of unbranched alkanes of at least 4 members (excludes halogenated alkanes) is 1. The summed E-state index contributed by atoms with van der Waals surface area (Å²) in [5, 5.41) is 0. The van der Waals surface area contributed by atoms with E-state index in [1.165, 1.54) is 0 Å². The summed E-state index contributed by atoms with van der Waals surface area (Å²) in [5.74, 6) is 0.00940. The molecule has 0 heterocycles. The molecule has 0 rings (SSSR count). The fraction of sp³-hybridized carbons (Fsp3) is 0.875. The maximum absolute atomic E-state index is 11.0. The third kappa shape index (κ3) is 8.17. The van der Waals surface area contributed by atoms with Gasteiger partial charge in [0.15, 0.2) is 0 Å². The van der Waals surface area contributed by atoms with Gasteiger partial charge in [0.25, 0.3) is 0 Å². The van der Waals surface area contributed by atoms with Crippen LogP contribution >= 0.6 is 0 Å². The molecule has 2 nitrogen and oxygen atoms in total. The molecule has 0 fully saturated rings. The second-order valence-corrected chi connectivity index (χ2v) is 16.3. The summed E-state index contributed by atoms with van der Waals surface area (Å²) >= 11 is -2.28. The van der Waals surface area contributed by atoms with Crippen molar-refractivity contribution in [1.29, 1.82) is 0 Å². The normalized spacial score (nSPS) is 11.3. The summed E-state index contributed by atoms with van der Waals surface area (Å²) < 4.78 is 5.31. The number of hydrogen-bond donors (Lipinski definition) is 0. The Morgan fingerprint density at radius 1 is 1.36 bits per heavy atom. The van der Waals surface area contributed by atoms with Crippen molar-refractivity contribution >= 4 is 24.8 Å². The van der Waals surface area contributed by atoms with Crippen molar-refractivity contribution in [3.05, 3.63) is 0 Å². The average Bonchev–Trinajstić information content (AvgIpc) is 1.79. The van der Waals surface area contributed by atoms with Crippen molar-refractivity contribution in [3.8, 4) is 0 Å². The zero-order valence-electron chi connectivity index (χ0n) is 7.94. The first-order valence-electron chi connectivity index (χ1n) is 4.17. The summed E-state index contributed by atoms with van der Waals surface area (Å²) in [5.41, 5.74) is 0. The molecule has 0 aromatic carbocycles. The van der Waals surface area contributed by atoms with Crippen molar-refractivity contribution in [1.82, 2.24) is 0 Å². The second-order valence-electron chi connectivity index (χ2n) is 3.69. The van der Waals surface area contributed by atoms with Gasteiger partial charge in [0.1, 0.15) is 0 Å². The zero-order chi connectivity index (χ0) is 8.91. The van der Waals surface area contributed by atoms with E-state index in [0.29, 0.717) is 6.42 Å². The Kier molecular flexibility index (Phi) is 5.13. The van der Waals surface area contributed by atoms with Crippen LogP contribution in [-0.4, -0.2) is 24.8 Å². The van der Waals surface area contributed by atoms with Crippen LogP contribution in [0.5, 0.6) is 0 Å². The summed E-state index contributed by atoms with van der Waals surface area (Å²) in [6.45, 7) is 2.08. The van der Waals surface area contributed by atoms with Crippen LogP contribution in [0.2, 0.25) is 14.8 Å². The van der Waals surface area contributed by atoms with E-state index >= 15 is 0 Å². The predicted molar refractivity (Wildman–Crippen MR) is 49.0 cm³/mol. The third-order valence-electron chi connectivity index (χ3n) is 1.15. The van der Waals surface area contributed by atoms with Crippen LogP contribution in [0.1, 0.15) is 26.2 Å². The van der Waals surface area contributed by atoms with Gasteiger partial charge in [-0.05, 0) is 0 Å². The molecule has 3 heteroatoms. The van der Waals surface area contributed by atoms with Gasteiger partial charge in [-0.3, -0.25) is 0 Å². The van der Waals surface area contributed by atoms with Crippen molar-refractivity contribution in [2.75, 3.05) is 0 Å². The van der Waals surface area contributed by atoms with Gasteiger partial charge in [0.2, 0.25) is 0 Å². The summed E-state index contributed by atoms with van der Waals surface area (Å²) in [7, 11) is 0. The third-order valence-corrected chi connectivity index (χ3v) is 3.55. The van der Waals surface area contributed by atoms with Crippen LogP contribution in [-0.2, 0) is 7.87 Å². The van der Waals surface area contributed by atoms with Gasteiger partial charge in [-0.25, -0.2) is 0 Å². The topological polar surface area (TPSA) is 26.3 Å².